The molecule has 0 aromatic carbocycles. The number of anilines is 1. The van der Waals surface area contributed by atoms with Crippen LogP contribution in [0.3, 0.4) is 0 Å². The Morgan fingerprint density at radius 2 is 2.21 bits per heavy atom. The van der Waals surface area contributed by atoms with Crippen molar-refractivity contribution >= 4 is 23.3 Å². The molecule has 0 bridgehead atoms. The lowest BCUT2D eigenvalue weighted by Gasteiger charge is -2.43. The fourth-order valence-corrected chi connectivity index (χ4v) is 5.31. The Morgan fingerprint density at radius 1 is 1.32 bits per heavy atom. The summed E-state index contributed by atoms with van der Waals surface area (Å²) in [5, 5.41) is 2.94. The molecule has 3 aromatic heterocycles. The molecule has 28 heavy (non-hydrogen) atoms. The van der Waals surface area contributed by atoms with Crippen LogP contribution in [0.2, 0.25) is 0 Å². The van der Waals surface area contributed by atoms with E-state index >= 15 is 0 Å². The summed E-state index contributed by atoms with van der Waals surface area (Å²) >= 11 is 1.56. The van der Waals surface area contributed by atoms with E-state index in [9.17, 15) is 4.79 Å². The van der Waals surface area contributed by atoms with Crippen LogP contribution < -0.4 is 10.2 Å². The van der Waals surface area contributed by atoms with Crippen LogP contribution in [0, 0.1) is 0 Å². The van der Waals surface area contributed by atoms with Gasteiger partial charge in [0.1, 0.15) is 17.7 Å². The number of carbonyl (C=O) groups excluding carboxylic acids is 1. The Balaban J connectivity index is 1.32. The SMILES string of the molecule is O=C(NCc1ncc[nH]1)c1cc2c(s1)C1(CCN(c3ncco3)CC1)OCC2. The molecular formula is C19H21N5O3S. The number of amides is 1. The number of rotatable bonds is 4. The fourth-order valence-electron chi connectivity index (χ4n) is 3.98. The third-order valence-corrected chi connectivity index (χ3v) is 6.79. The average Bonchev–Trinajstić information content (AvgIpc) is 3.48. The third-order valence-electron chi connectivity index (χ3n) is 5.43. The van der Waals surface area contributed by atoms with E-state index in [1.165, 1.54) is 10.4 Å². The maximum atomic E-state index is 12.6. The molecule has 5 heterocycles. The molecule has 2 aliphatic heterocycles. The number of hydrogen-bond donors (Lipinski definition) is 2. The number of oxazole rings is 1. The minimum atomic E-state index is -0.305. The van der Waals surface area contributed by atoms with Crippen LogP contribution in [-0.4, -0.2) is 40.6 Å². The molecule has 5 rings (SSSR count). The van der Waals surface area contributed by atoms with Gasteiger partial charge in [-0.25, -0.2) is 9.97 Å². The summed E-state index contributed by atoms with van der Waals surface area (Å²) in [7, 11) is 0. The Hall–Kier alpha value is -2.65. The number of aromatic amines is 1. The number of nitrogens with one attached hydrogen (secondary N) is 2. The van der Waals surface area contributed by atoms with Crippen molar-refractivity contribution in [1.82, 2.24) is 20.3 Å². The summed E-state index contributed by atoms with van der Waals surface area (Å²) in [6.45, 7) is 2.72. The highest BCUT2D eigenvalue weighted by atomic mass is 32.1. The van der Waals surface area contributed by atoms with E-state index < -0.39 is 0 Å². The van der Waals surface area contributed by atoms with Gasteiger partial charge in [-0.1, -0.05) is 0 Å². The summed E-state index contributed by atoms with van der Waals surface area (Å²) in [5.74, 6) is 0.677. The molecule has 0 radical (unpaired) electrons. The number of fused-ring (bicyclic) bond motifs is 2. The molecule has 0 atom stereocenters. The van der Waals surface area contributed by atoms with Crippen LogP contribution in [0.25, 0.3) is 0 Å². The Morgan fingerprint density at radius 3 is 2.96 bits per heavy atom. The third kappa shape index (κ3) is 3.10. The molecule has 0 saturated carbocycles. The number of piperidine rings is 1. The lowest BCUT2D eigenvalue weighted by atomic mass is 9.85. The maximum absolute atomic E-state index is 12.6. The van der Waals surface area contributed by atoms with Crippen LogP contribution in [0.4, 0.5) is 6.01 Å². The minimum Gasteiger partial charge on any atom is -0.432 e. The Bertz CT molecular complexity index is 943. The molecule has 1 spiro atoms. The van der Waals surface area contributed by atoms with Crippen LogP contribution in [-0.2, 0) is 23.3 Å². The zero-order chi connectivity index (χ0) is 19.0. The number of thiophene rings is 1. The van der Waals surface area contributed by atoms with Gasteiger partial charge in [0.15, 0.2) is 0 Å². The first kappa shape index (κ1) is 17.4. The van der Waals surface area contributed by atoms with Crippen molar-refractivity contribution in [2.75, 3.05) is 24.6 Å². The van der Waals surface area contributed by atoms with E-state index in [0.29, 0.717) is 19.2 Å². The first-order chi connectivity index (χ1) is 13.7. The molecule has 1 saturated heterocycles. The highest BCUT2D eigenvalue weighted by Crippen LogP contribution is 2.45. The first-order valence-electron chi connectivity index (χ1n) is 9.42. The van der Waals surface area contributed by atoms with Gasteiger partial charge >= 0.3 is 0 Å². The van der Waals surface area contributed by atoms with Gasteiger partial charge < -0.3 is 24.4 Å². The molecule has 2 aliphatic rings. The van der Waals surface area contributed by atoms with Gasteiger partial charge in [0.2, 0.25) is 0 Å². The van der Waals surface area contributed by atoms with Crippen molar-refractivity contribution in [1.29, 1.82) is 0 Å². The lowest BCUT2D eigenvalue weighted by molar-refractivity contribution is -0.0738. The molecule has 1 amide bonds. The number of hydrogen-bond acceptors (Lipinski definition) is 7. The van der Waals surface area contributed by atoms with Gasteiger partial charge in [-0.2, -0.15) is 0 Å². The molecule has 2 N–H and O–H groups in total. The molecule has 9 heteroatoms. The summed E-state index contributed by atoms with van der Waals surface area (Å²) < 4.78 is 11.7. The Kier molecular flexibility index (Phi) is 4.40. The topological polar surface area (TPSA) is 96.3 Å². The summed E-state index contributed by atoms with van der Waals surface area (Å²) in [4.78, 5) is 28.1. The van der Waals surface area contributed by atoms with Crippen molar-refractivity contribution in [3.05, 3.63) is 52.1 Å². The molecular weight excluding hydrogens is 378 g/mol. The number of imidazole rings is 1. The second kappa shape index (κ2) is 7.06. The largest absolute Gasteiger partial charge is 0.432 e. The molecule has 146 valence electrons. The second-order valence-corrected chi connectivity index (χ2v) is 8.13. The number of ether oxygens (including phenoxy) is 1. The van der Waals surface area contributed by atoms with E-state index in [0.717, 1.165) is 43.1 Å². The van der Waals surface area contributed by atoms with Crippen LogP contribution in [0.1, 0.15) is 38.8 Å². The van der Waals surface area contributed by atoms with Crippen LogP contribution in [0.15, 0.2) is 35.3 Å². The second-order valence-electron chi connectivity index (χ2n) is 7.08. The minimum absolute atomic E-state index is 0.0665. The molecule has 8 nitrogen and oxygen atoms in total. The van der Waals surface area contributed by atoms with Crippen molar-refractivity contribution in [3.63, 3.8) is 0 Å². The van der Waals surface area contributed by atoms with Crippen molar-refractivity contribution < 1.29 is 13.9 Å². The van der Waals surface area contributed by atoms with Crippen LogP contribution in [0.5, 0.6) is 0 Å². The van der Waals surface area contributed by atoms with Gasteiger partial charge in [0, 0.05) is 30.4 Å². The Labute approximate surface area is 165 Å². The van der Waals surface area contributed by atoms with E-state index in [4.69, 9.17) is 9.15 Å². The zero-order valence-electron chi connectivity index (χ0n) is 15.3. The quantitative estimate of drug-likeness (QED) is 0.700. The highest BCUT2D eigenvalue weighted by Gasteiger charge is 2.43. The number of H-pyrrole nitrogens is 1. The highest BCUT2D eigenvalue weighted by molar-refractivity contribution is 7.14. The number of nitrogens with zero attached hydrogens (tertiary/aromatic N) is 3. The van der Waals surface area contributed by atoms with Gasteiger partial charge in [0.25, 0.3) is 11.9 Å². The molecule has 0 aliphatic carbocycles. The van der Waals surface area contributed by atoms with E-state index in [1.54, 1.807) is 36.2 Å². The van der Waals surface area contributed by atoms with Crippen molar-refractivity contribution in [3.8, 4) is 0 Å². The fraction of sp³-hybridized carbons (Fsp3) is 0.421. The van der Waals surface area contributed by atoms with Crippen molar-refractivity contribution in [2.24, 2.45) is 0 Å². The summed E-state index contributed by atoms with van der Waals surface area (Å²) in [5.41, 5.74) is 0.935. The standard InChI is InChI=1S/C19H21N5O3S/c25-17(23-12-15-20-4-5-21-15)14-11-13-1-9-27-19(16(13)28-14)2-7-24(8-3-19)18-22-6-10-26-18/h4-6,10-11H,1-3,7-9,12H2,(H,20,21)(H,23,25). The average molecular weight is 399 g/mol. The number of carbonyl (C=O) groups is 1. The van der Waals surface area contributed by atoms with Gasteiger partial charge in [0.05, 0.1) is 24.2 Å². The predicted molar refractivity (Wildman–Crippen MR) is 103 cm³/mol. The zero-order valence-corrected chi connectivity index (χ0v) is 16.1. The van der Waals surface area contributed by atoms with Crippen LogP contribution >= 0.6 is 11.3 Å². The first-order valence-corrected chi connectivity index (χ1v) is 10.2. The van der Waals surface area contributed by atoms with E-state index in [-0.39, 0.29) is 11.5 Å². The van der Waals surface area contributed by atoms with Gasteiger partial charge in [-0.05, 0) is 30.9 Å². The molecule has 1 fully saturated rings. The lowest BCUT2D eigenvalue weighted by Crippen LogP contribution is -2.46. The summed E-state index contributed by atoms with van der Waals surface area (Å²) in [6.07, 6.45) is 9.26. The normalized spacial score (nSPS) is 18.2. The summed E-state index contributed by atoms with van der Waals surface area (Å²) in [6, 6.07) is 2.69. The number of aromatic nitrogens is 3. The smallest absolute Gasteiger partial charge is 0.297 e. The van der Waals surface area contributed by atoms with Gasteiger partial charge in [-0.15, -0.1) is 11.3 Å². The van der Waals surface area contributed by atoms with E-state index in [1.807, 2.05) is 6.07 Å². The van der Waals surface area contributed by atoms with Crippen molar-refractivity contribution in [2.45, 2.75) is 31.4 Å². The molecule has 0 unspecified atom stereocenters. The maximum Gasteiger partial charge on any atom is 0.297 e. The van der Waals surface area contributed by atoms with Gasteiger partial charge in [-0.3, -0.25) is 4.79 Å². The molecule has 3 aromatic rings. The van der Waals surface area contributed by atoms with E-state index in [2.05, 4.69) is 25.2 Å². The monoisotopic (exact) mass is 399 g/mol. The predicted octanol–water partition coefficient (Wildman–Crippen LogP) is 2.46.